The molecule has 7 nitrogen and oxygen atoms in total. The molecule has 0 radical (unpaired) electrons. The van der Waals surface area contributed by atoms with E-state index in [4.69, 9.17) is 4.42 Å². The molecule has 29 heavy (non-hydrogen) atoms. The standard InChI is InChI=1S/C22H17N3O4/c1-13-6-9-18-20(10-13)29-22(24-18)16-4-3-5-17(11-16)23-21(26)15-8-7-14(2)19(12-15)25(27)28/h3-12H,1-2H3,(H,23,26). The molecule has 4 aromatic rings. The fourth-order valence-corrected chi connectivity index (χ4v) is 3.04. The lowest BCUT2D eigenvalue weighted by Crippen LogP contribution is -2.12. The van der Waals surface area contributed by atoms with Crippen LogP contribution >= 0.6 is 0 Å². The molecule has 144 valence electrons. The zero-order valence-corrected chi connectivity index (χ0v) is 15.8. The van der Waals surface area contributed by atoms with Gasteiger partial charge in [-0.1, -0.05) is 18.2 Å². The number of benzene rings is 3. The molecule has 1 heterocycles. The van der Waals surface area contributed by atoms with Crippen molar-refractivity contribution in [1.29, 1.82) is 0 Å². The van der Waals surface area contributed by atoms with Gasteiger partial charge in [0.25, 0.3) is 11.6 Å². The van der Waals surface area contributed by atoms with Crippen LogP contribution in [-0.2, 0) is 0 Å². The average molecular weight is 387 g/mol. The molecule has 3 aromatic carbocycles. The van der Waals surface area contributed by atoms with E-state index in [0.717, 1.165) is 11.1 Å². The first-order valence-corrected chi connectivity index (χ1v) is 8.95. The van der Waals surface area contributed by atoms with E-state index >= 15 is 0 Å². The Kier molecular flexibility index (Phi) is 4.56. The lowest BCUT2D eigenvalue weighted by Gasteiger charge is -2.07. The minimum absolute atomic E-state index is 0.0897. The molecule has 0 aliphatic rings. The molecule has 1 aromatic heterocycles. The molecule has 0 fully saturated rings. The van der Waals surface area contributed by atoms with Crippen LogP contribution in [0.4, 0.5) is 11.4 Å². The van der Waals surface area contributed by atoms with E-state index in [0.29, 0.717) is 28.3 Å². The van der Waals surface area contributed by atoms with E-state index in [9.17, 15) is 14.9 Å². The Morgan fingerprint density at radius 1 is 1.07 bits per heavy atom. The molecule has 1 N–H and O–H groups in total. The Hall–Kier alpha value is -4.00. The Morgan fingerprint density at radius 3 is 2.69 bits per heavy atom. The highest BCUT2D eigenvalue weighted by Gasteiger charge is 2.16. The van der Waals surface area contributed by atoms with Crippen molar-refractivity contribution in [2.75, 3.05) is 5.32 Å². The van der Waals surface area contributed by atoms with Crippen LogP contribution in [0.3, 0.4) is 0 Å². The number of carbonyl (C=O) groups is 1. The zero-order chi connectivity index (χ0) is 20.5. The summed E-state index contributed by atoms with van der Waals surface area (Å²) in [4.78, 5) is 27.7. The van der Waals surface area contributed by atoms with Gasteiger partial charge in [0.1, 0.15) is 5.52 Å². The van der Waals surface area contributed by atoms with Gasteiger partial charge in [-0.15, -0.1) is 0 Å². The molecular weight excluding hydrogens is 370 g/mol. The number of carbonyl (C=O) groups excluding carboxylic acids is 1. The molecule has 0 aliphatic heterocycles. The van der Waals surface area contributed by atoms with Crippen molar-refractivity contribution in [2.24, 2.45) is 0 Å². The first kappa shape index (κ1) is 18.4. The summed E-state index contributed by atoms with van der Waals surface area (Å²) in [6.45, 7) is 3.61. The van der Waals surface area contributed by atoms with Crippen molar-refractivity contribution in [3.63, 3.8) is 0 Å². The van der Waals surface area contributed by atoms with Gasteiger partial charge in [0.2, 0.25) is 5.89 Å². The summed E-state index contributed by atoms with van der Waals surface area (Å²) in [6.07, 6.45) is 0. The number of nitrogens with zero attached hydrogens (tertiary/aromatic N) is 2. The summed E-state index contributed by atoms with van der Waals surface area (Å²) in [5.74, 6) is 0.0195. The third-order valence-corrected chi connectivity index (χ3v) is 4.58. The van der Waals surface area contributed by atoms with Gasteiger partial charge in [-0.25, -0.2) is 4.98 Å². The van der Waals surface area contributed by atoms with Crippen LogP contribution in [-0.4, -0.2) is 15.8 Å². The van der Waals surface area contributed by atoms with Gasteiger partial charge in [-0.05, 0) is 55.8 Å². The summed E-state index contributed by atoms with van der Waals surface area (Å²) in [6, 6.07) is 17.3. The molecular formula is C22H17N3O4. The predicted octanol–water partition coefficient (Wildman–Crippen LogP) is 5.27. The Labute approximate surface area is 166 Å². The normalized spacial score (nSPS) is 10.8. The van der Waals surface area contributed by atoms with Gasteiger partial charge < -0.3 is 9.73 Å². The summed E-state index contributed by atoms with van der Waals surface area (Å²) < 4.78 is 5.84. The second-order valence-corrected chi connectivity index (χ2v) is 6.78. The van der Waals surface area contributed by atoms with E-state index in [1.54, 1.807) is 37.3 Å². The molecule has 0 aliphatic carbocycles. The first-order valence-electron chi connectivity index (χ1n) is 8.95. The molecule has 0 unspecified atom stereocenters. The van der Waals surface area contributed by atoms with Crippen LogP contribution in [0.1, 0.15) is 21.5 Å². The van der Waals surface area contributed by atoms with Crippen LogP contribution in [0.2, 0.25) is 0 Å². The number of aromatic nitrogens is 1. The van der Waals surface area contributed by atoms with Crippen molar-refractivity contribution >= 4 is 28.4 Å². The van der Waals surface area contributed by atoms with Crippen molar-refractivity contribution in [2.45, 2.75) is 13.8 Å². The van der Waals surface area contributed by atoms with Gasteiger partial charge in [-0.3, -0.25) is 14.9 Å². The SMILES string of the molecule is Cc1ccc2nc(-c3cccc(NC(=O)c4ccc(C)c([N+](=O)[O-])c4)c3)oc2c1. The maximum Gasteiger partial charge on any atom is 0.273 e. The van der Waals surface area contributed by atoms with Gasteiger partial charge >= 0.3 is 0 Å². The van der Waals surface area contributed by atoms with Crippen LogP contribution in [0.25, 0.3) is 22.6 Å². The van der Waals surface area contributed by atoms with Crippen molar-refractivity contribution in [1.82, 2.24) is 4.98 Å². The molecule has 0 bridgehead atoms. The van der Waals surface area contributed by atoms with Crippen LogP contribution < -0.4 is 5.32 Å². The average Bonchev–Trinajstić information content (AvgIpc) is 3.11. The highest BCUT2D eigenvalue weighted by Crippen LogP contribution is 2.27. The Morgan fingerprint density at radius 2 is 1.90 bits per heavy atom. The number of oxazole rings is 1. The molecule has 1 amide bonds. The van der Waals surface area contributed by atoms with E-state index in [1.807, 2.05) is 31.2 Å². The number of aryl methyl sites for hydroxylation is 2. The van der Waals surface area contributed by atoms with Crippen LogP contribution in [0.15, 0.2) is 65.1 Å². The summed E-state index contributed by atoms with van der Waals surface area (Å²) in [7, 11) is 0. The second kappa shape index (κ2) is 7.20. The Bertz CT molecular complexity index is 1260. The molecule has 0 atom stereocenters. The highest BCUT2D eigenvalue weighted by atomic mass is 16.6. The lowest BCUT2D eigenvalue weighted by molar-refractivity contribution is -0.385. The van der Waals surface area contributed by atoms with E-state index in [2.05, 4.69) is 10.3 Å². The topological polar surface area (TPSA) is 98.3 Å². The quantitative estimate of drug-likeness (QED) is 0.380. The predicted molar refractivity (Wildman–Crippen MR) is 110 cm³/mol. The number of nitro groups is 1. The molecule has 0 spiro atoms. The fourth-order valence-electron chi connectivity index (χ4n) is 3.04. The van der Waals surface area contributed by atoms with E-state index in [-0.39, 0.29) is 11.3 Å². The molecule has 7 heteroatoms. The molecule has 0 saturated heterocycles. The van der Waals surface area contributed by atoms with Gasteiger partial charge in [-0.2, -0.15) is 0 Å². The summed E-state index contributed by atoms with van der Waals surface area (Å²) >= 11 is 0. The first-order chi connectivity index (χ1) is 13.9. The van der Waals surface area contributed by atoms with Crippen molar-refractivity contribution in [3.05, 3.63) is 87.5 Å². The fraction of sp³-hybridized carbons (Fsp3) is 0.0909. The third kappa shape index (κ3) is 3.70. The molecule has 4 rings (SSSR count). The van der Waals surface area contributed by atoms with Crippen molar-refractivity contribution < 1.29 is 14.1 Å². The van der Waals surface area contributed by atoms with Gasteiger partial charge in [0.15, 0.2) is 5.58 Å². The molecule has 0 saturated carbocycles. The zero-order valence-electron chi connectivity index (χ0n) is 15.8. The van der Waals surface area contributed by atoms with Crippen LogP contribution in [0.5, 0.6) is 0 Å². The third-order valence-electron chi connectivity index (χ3n) is 4.58. The van der Waals surface area contributed by atoms with E-state index in [1.165, 1.54) is 6.07 Å². The number of hydrogen-bond donors (Lipinski definition) is 1. The number of nitro benzene ring substituents is 1. The smallest absolute Gasteiger partial charge is 0.273 e. The minimum atomic E-state index is -0.498. The van der Waals surface area contributed by atoms with Gasteiger partial charge in [0.05, 0.1) is 4.92 Å². The highest BCUT2D eigenvalue weighted by molar-refractivity contribution is 6.05. The Balaban J connectivity index is 1.61. The maximum atomic E-state index is 12.6. The number of fused-ring (bicyclic) bond motifs is 1. The van der Waals surface area contributed by atoms with E-state index < -0.39 is 10.8 Å². The number of rotatable bonds is 4. The number of anilines is 1. The minimum Gasteiger partial charge on any atom is -0.436 e. The summed E-state index contributed by atoms with van der Waals surface area (Å²) in [5, 5.41) is 13.9. The monoisotopic (exact) mass is 387 g/mol. The number of amides is 1. The number of hydrogen-bond acceptors (Lipinski definition) is 5. The van der Waals surface area contributed by atoms with Crippen molar-refractivity contribution in [3.8, 4) is 11.5 Å². The second-order valence-electron chi connectivity index (χ2n) is 6.78. The lowest BCUT2D eigenvalue weighted by atomic mass is 10.1. The largest absolute Gasteiger partial charge is 0.436 e. The maximum absolute atomic E-state index is 12.6. The van der Waals surface area contributed by atoms with Crippen LogP contribution in [0, 0.1) is 24.0 Å². The van der Waals surface area contributed by atoms with Gasteiger partial charge in [0, 0.05) is 28.4 Å². The summed E-state index contributed by atoms with van der Waals surface area (Å²) in [5.41, 5.74) is 4.40. The number of nitrogens with one attached hydrogen (secondary N) is 1.